The molecule has 0 aliphatic heterocycles. The Kier molecular flexibility index (Phi) is 5.78. The van der Waals surface area contributed by atoms with E-state index in [1.165, 1.54) is 0 Å². The molecular formula is C3Cl3F7. The summed E-state index contributed by atoms with van der Waals surface area (Å²) in [6, 6.07) is 0. The number of hydrogen-bond donors (Lipinski definition) is 0. The second kappa shape index (κ2) is 4.75. The van der Waals surface area contributed by atoms with Crippen molar-refractivity contribution in [1.29, 1.82) is 0 Å². The van der Waals surface area contributed by atoms with Gasteiger partial charge in [-0.1, -0.05) is 0 Å². The molecule has 0 aromatic rings. The predicted molar refractivity (Wildman–Crippen MR) is 33.5 cm³/mol. The molecule has 0 atom stereocenters. The normalized spacial score (nSPS) is 13.4. The van der Waals surface area contributed by atoms with Gasteiger partial charge in [0.2, 0.25) is 0 Å². The molecule has 0 spiro atoms. The number of rotatable bonds is 0. The van der Waals surface area contributed by atoms with E-state index in [1.54, 1.807) is 0 Å². The van der Waals surface area contributed by atoms with Crippen molar-refractivity contribution in [2.45, 2.75) is 16.4 Å². The highest BCUT2D eigenvalue weighted by molar-refractivity contribution is 6.45. The van der Waals surface area contributed by atoms with Gasteiger partial charge in [-0.2, -0.15) is 30.7 Å². The molecule has 82 valence electrons. The largest absolute Gasteiger partial charge is 0.469 e. The second-order valence-electron chi connectivity index (χ2n) is 1.42. The fourth-order valence-corrected chi connectivity index (χ4v) is 0. The fraction of sp³-hybridized carbons (Fsp3) is 1.00. The summed E-state index contributed by atoms with van der Waals surface area (Å²) in [6.45, 7) is 0. The van der Waals surface area contributed by atoms with Gasteiger partial charge in [-0.15, -0.1) is 0 Å². The van der Waals surface area contributed by atoms with E-state index in [4.69, 9.17) is 0 Å². The van der Waals surface area contributed by atoms with Crippen LogP contribution < -0.4 is 0 Å². The van der Waals surface area contributed by atoms with Crippen molar-refractivity contribution in [2.75, 3.05) is 0 Å². The van der Waals surface area contributed by atoms with Crippen LogP contribution in [0.1, 0.15) is 0 Å². The molecule has 0 saturated heterocycles. The first-order valence-electron chi connectivity index (χ1n) is 2.14. The van der Waals surface area contributed by atoms with Gasteiger partial charge in [-0.3, -0.25) is 0 Å². The van der Waals surface area contributed by atoms with Crippen LogP contribution in [0.15, 0.2) is 0 Å². The minimum atomic E-state index is -5.63. The van der Waals surface area contributed by atoms with Crippen LogP contribution in [0.25, 0.3) is 0 Å². The van der Waals surface area contributed by atoms with Gasteiger partial charge in [0.25, 0.3) is 0 Å². The van der Waals surface area contributed by atoms with Gasteiger partial charge in [-0.05, 0) is 34.8 Å². The topological polar surface area (TPSA) is 0 Å². The molecule has 0 bridgehead atoms. The van der Waals surface area contributed by atoms with Crippen LogP contribution in [0.2, 0.25) is 0 Å². The van der Waals surface area contributed by atoms with Gasteiger partial charge in [0.05, 0.1) is 0 Å². The Morgan fingerprint density at radius 2 is 0.692 bits per heavy atom. The summed E-state index contributed by atoms with van der Waals surface area (Å²) >= 11 is 11.5. The lowest BCUT2D eigenvalue weighted by Gasteiger charge is -2.10. The van der Waals surface area contributed by atoms with Crippen molar-refractivity contribution in [3.05, 3.63) is 0 Å². The minimum Gasteiger partial charge on any atom is -0.177 e. The average molecular weight is 275 g/mol. The van der Waals surface area contributed by atoms with Crippen LogP contribution in [-0.4, -0.2) is 16.4 Å². The third kappa shape index (κ3) is 15.2. The van der Waals surface area contributed by atoms with Crippen LogP contribution in [-0.2, 0) is 0 Å². The Balaban J connectivity index is 0. The van der Waals surface area contributed by atoms with Gasteiger partial charge >= 0.3 is 16.4 Å². The van der Waals surface area contributed by atoms with E-state index in [2.05, 4.69) is 34.8 Å². The van der Waals surface area contributed by atoms with Gasteiger partial charge in [0, 0.05) is 0 Å². The molecule has 0 amide bonds. The van der Waals surface area contributed by atoms with Crippen molar-refractivity contribution in [1.82, 2.24) is 0 Å². The van der Waals surface area contributed by atoms with E-state index in [1.807, 2.05) is 0 Å². The minimum absolute atomic E-state index is 3.55. The summed E-state index contributed by atoms with van der Waals surface area (Å²) < 4.78 is 74.9. The summed E-state index contributed by atoms with van der Waals surface area (Å²) in [5, 5.41) is -5.09. The zero-order valence-corrected chi connectivity index (χ0v) is 7.55. The molecule has 0 N–H and O–H groups in total. The predicted octanol–water partition coefficient (Wildman–Crippen LogP) is 4.39. The first kappa shape index (κ1) is 15.8. The molecule has 0 saturated carbocycles. The van der Waals surface area contributed by atoms with E-state index in [0.29, 0.717) is 0 Å². The number of alkyl halides is 10. The lowest BCUT2D eigenvalue weighted by molar-refractivity contribution is -0.241. The van der Waals surface area contributed by atoms with E-state index in [9.17, 15) is 30.7 Å². The highest BCUT2D eigenvalue weighted by atomic mass is 35.5. The van der Waals surface area contributed by atoms with Crippen LogP contribution in [0, 0.1) is 0 Å². The quantitative estimate of drug-likeness (QED) is 0.454. The SMILES string of the molecule is FC(F)(Cl)Cl.FC(F)(F)C(F)(F)Cl. The summed E-state index contributed by atoms with van der Waals surface area (Å²) in [4.78, 5) is -3.56. The first-order chi connectivity index (χ1) is 5.25. The van der Waals surface area contributed by atoms with Crippen LogP contribution >= 0.6 is 34.8 Å². The molecule has 0 heterocycles. The molecule has 0 radical (unpaired) electrons. The van der Waals surface area contributed by atoms with E-state index in [-0.39, 0.29) is 0 Å². The average Bonchev–Trinajstić information content (AvgIpc) is 1.50. The molecule has 0 nitrogen and oxygen atoms in total. The standard InChI is InChI=1S/C2ClF5.CCl2F2/c3-1(4,5)2(6,7)8;2-1(3,4)5. The number of hydrogen-bond acceptors (Lipinski definition) is 0. The van der Waals surface area contributed by atoms with Crippen molar-refractivity contribution in [3.8, 4) is 0 Å². The van der Waals surface area contributed by atoms with E-state index >= 15 is 0 Å². The molecule has 0 aliphatic carbocycles. The molecule has 0 rings (SSSR count). The smallest absolute Gasteiger partial charge is 0.177 e. The fourth-order valence-electron chi connectivity index (χ4n) is 0. The summed E-state index contributed by atoms with van der Waals surface area (Å²) in [7, 11) is 0. The monoisotopic (exact) mass is 274 g/mol. The van der Waals surface area contributed by atoms with Crippen molar-refractivity contribution in [3.63, 3.8) is 0 Å². The molecule has 0 aromatic heterocycles. The lowest BCUT2D eigenvalue weighted by atomic mass is 10.7. The van der Waals surface area contributed by atoms with Crippen LogP contribution in [0.3, 0.4) is 0 Å². The molecular weight excluding hydrogens is 275 g/mol. The maximum Gasteiger partial charge on any atom is 0.469 e. The Bertz CT molecular complexity index is 123. The highest BCUT2D eigenvalue weighted by Crippen LogP contribution is 2.38. The maximum absolute atomic E-state index is 10.9. The molecule has 0 aromatic carbocycles. The molecule has 0 unspecified atom stereocenters. The summed E-state index contributed by atoms with van der Waals surface area (Å²) in [5.41, 5.74) is 0. The van der Waals surface area contributed by atoms with Crippen LogP contribution in [0.4, 0.5) is 30.7 Å². The van der Waals surface area contributed by atoms with Crippen LogP contribution in [0.5, 0.6) is 0 Å². The molecule has 0 fully saturated rings. The van der Waals surface area contributed by atoms with Gasteiger partial charge in [0.1, 0.15) is 0 Å². The van der Waals surface area contributed by atoms with Crippen molar-refractivity contribution in [2.24, 2.45) is 0 Å². The molecule has 10 heteroatoms. The molecule has 0 aliphatic rings. The third-order valence-electron chi connectivity index (χ3n) is 0.321. The van der Waals surface area contributed by atoms with Crippen molar-refractivity contribution < 1.29 is 30.7 Å². The van der Waals surface area contributed by atoms with E-state index in [0.717, 1.165) is 0 Å². The highest BCUT2D eigenvalue weighted by Gasteiger charge is 2.56. The van der Waals surface area contributed by atoms with Gasteiger partial charge < -0.3 is 0 Å². The maximum atomic E-state index is 10.9. The summed E-state index contributed by atoms with van der Waals surface area (Å²) in [5.74, 6) is 0. The number of halogens is 10. The van der Waals surface area contributed by atoms with Gasteiger partial charge in [-0.25, -0.2) is 0 Å². The zero-order chi connectivity index (χ0) is 11.5. The Hall–Kier alpha value is 0.380. The van der Waals surface area contributed by atoms with E-state index < -0.39 is 16.4 Å². The molecule has 13 heavy (non-hydrogen) atoms. The van der Waals surface area contributed by atoms with Gasteiger partial charge in [0.15, 0.2) is 0 Å². The Morgan fingerprint density at radius 1 is 0.615 bits per heavy atom. The Labute approximate surface area is 82.5 Å². The lowest BCUT2D eigenvalue weighted by Crippen LogP contribution is -2.29. The summed E-state index contributed by atoms with van der Waals surface area (Å²) in [6.07, 6.45) is -5.63. The first-order valence-corrected chi connectivity index (χ1v) is 3.27. The Morgan fingerprint density at radius 3 is 0.692 bits per heavy atom. The zero-order valence-electron chi connectivity index (χ0n) is 5.28. The second-order valence-corrected chi connectivity index (χ2v) is 3.04. The third-order valence-corrected chi connectivity index (χ3v) is 0.536. The van der Waals surface area contributed by atoms with Crippen molar-refractivity contribution >= 4 is 34.8 Å².